The van der Waals surface area contributed by atoms with E-state index in [0.29, 0.717) is 17.0 Å². The number of hydrazine groups is 1. The third-order valence-electron chi connectivity index (χ3n) is 3.76. The third-order valence-corrected chi connectivity index (χ3v) is 3.76. The van der Waals surface area contributed by atoms with Crippen LogP contribution < -0.4 is 20.5 Å². The van der Waals surface area contributed by atoms with Gasteiger partial charge in [0.2, 0.25) is 5.91 Å². The number of rotatable bonds is 5. The van der Waals surface area contributed by atoms with Gasteiger partial charge in [-0.05, 0) is 36.4 Å². The van der Waals surface area contributed by atoms with E-state index in [4.69, 9.17) is 4.74 Å². The Labute approximate surface area is 143 Å². The van der Waals surface area contributed by atoms with E-state index in [2.05, 4.69) is 15.8 Å². The molecule has 0 unspecified atom stereocenters. The van der Waals surface area contributed by atoms with Crippen molar-refractivity contribution in [1.29, 1.82) is 0 Å². The molecule has 8 heteroatoms. The van der Waals surface area contributed by atoms with Crippen LogP contribution in [0.2, 0.25) is 0 Å². The van der Waals surface area contributed by atoms with E-state index in [1.807, 2.05) is 0 Å². The van der Waals surface area contributed by atoms with Crippen LogP contribution in [0.4, 0.5) is 5.69 Å². The summed E-state index contributed by atoms with van der Waals surface area (Å²) in [7, 11) is 1.53. The monoisotopic (exact) mass is 340 g/mol. The molecule has 0 bridgehead atoms. The number of methoxy groups -OCH3 is 1. The van der Waals surface area contributed by atoms with Crippen LogP contribution in [0.1, 0.15) is 16.8 Å². The smallest absolute Gasteiger partial charge is 0.266 e. The van der Waals surface area contributed by atoms with E-state index in [-0.39, 0.29) is 12.3 Å². The van der Waals surface area contributed by atoms with Crippen molar-refractivity contribution in [3.8, 4) is 5.75 Å². The Bertz CT molecular complexity index is 792. The standard InChI is InChI=1S/C17H16N4O4/c1-25-13-6-4-12(5-7-13)21-15(22)9-14(17(21)24)19-20-16(23)11-3-2-8-18-10-11/h2-8,10,14,19H,9H2,1H3,(H,20,23)/t14-/m0/s1. The number of benzene rings is 1. The lowest BCUT2D eigenvalue weighted by Gasteiger charge is -2.16. The summed E-state index contributed by atoms with van der Waals surface area (Å²) in [6, 6.07) is 8.99. The van der Waals surface area contributed by atoms with Gasteiger partial charge in [-0.3, -0.25) is 24.8 Å². The highest BCUT2D eigenvalue weighted by atomic mass is 16.5. The minimum absolute atomic E-state index is 0.0435. The van der Waals surface area contributed by atoms with Gasteiger partial charge in [-0.25, -0.2) is 10.3 Å². The molecule has 8 nitrogen and oxygen atoms in total. The minimum atomic E-state index is -0.824. The van der Waals surface area contributed by atoms with Gasteiger partial charge in [0.1, 0.15) is 11.8 Å². The van der Waals surface area contributed by atoms with Gasteiger partial charge in [0.15, 0.2) is 0 Å². The molecule has 128 valence electrons. The van der Waals surface area contributed by atoms with E-state index in [9.17, 15) is 14.4 Å². The zero-order chi connectivity index (χ0) is 17.8. The zero-order valence-electron chi connectivity index (χ0n) is 13.4. The lowest BCUT2D eigenvalue weighted by molar-refractivity contribution is -0.121. The summed E-state index contributed by atoms with van der Waals surface area (Å²) in [6.45, 7) is 0. The van der Waals surface area contributed by atoms with Crippen molar-refractivity contribution in [3.63, 3.8) is 0 Å². The largest absolute Gasteiger partial charge is 0.497 e. The maximum absolute atomic E-state index is 12.5. The highest BCUT2D eigenvalue weighted by Gasteiger charge is 2.39. The predicted molar refractivity (Wildman–Crippen MR) is 88.7 cm³/mol. The lowest BCUT2D eigenvalue weighted by atomic mass is 10.2. The van der Waals surface area contributed by atoms with Gasteiger partial charge in [-0.15, -0.1) is 0 Å². The summed E-state index contributed by atoms with van der Waals surface area (Å²) >= 11 is 0. The Morgan fingerprint density at radius 1 is 1.24 bits per heavy atom. The fraction of sp³-hybridized carbons (Fsp3) is 0.176. The molecule has 1 aliphatic rings. The number of nitrogens with one attached hydrogen (secondary N) is 2. The molecular weight excluding hydrogens is 324 g/mol. The van der Waals surface area contributed by atoms with E-state index in [0.717, 1.165) is 4.90 Å². The Balaban J connectivity index is 1.65. The van der Waals surface area contributed by atoms with Gasteiger partial charge in [-0.2, -0.15) is 0 Å². The average Bonchev–Trinajstić information content (AvgIpc) is 2.94. The number of aromatic nitrogens is 1. The number of amides is 3. The Hall–Kier alpha value is -3.26. The van der Waals surface area contributed by atoms with Gasteiger partial charge < -0.3 is 4.74 Å². The summed E-state index contributed by atoms with van der Waals surface area (Å²) in [5.41, 5.74) is 5.85. The highest BCUT2D eigenvalue weighted by molar-refractivity contribution is 6.22. The second-order valence-corrected chi connectivity index (χ2v) is 5.36. The lowest BCUT2D eigenvalue weighted by Crippen LogP contribution is -2.48. The highest BCUT2D eigenvalue weighted by Crippen LogP contribution is 2.24. The molecule has 0 spiro atoms. The van der Waals surface area contributed by atoms with E-state index in [1.165, 1.54) is 13.3 Å². The summed E-state index contributed by atoms with van der Waals surface area (Å²) in [5, 5.41) is 0. The van der Waals surface area contributed by atoms with Crippen molar-refractivity contribution in [2.45, 2.75) is 12.5 Å². The molecule has 1 aromatic heterocycles. The molecule has 1 fully saturated rings. The molecule has 1 atom stereocenters. The number of imide groups is 1. The quantitative estimate of drug-likeness (QED) is 0.612. The summed E-state index contributed by atoms with van der Waals surface area (Å²) in [5.74, 6) is -0.581. The third kappa shape index (κ3) is 3.48. The number of pyridine rings is 1. The van der Waals surface area contributed by atoms with Gasteiger partial charge in [-0.1, -0.05) is 0 Å². The zero-order valence-corrected chi connectivity index (χ0v) is 13.4. The topological polar surface area (TPSA) is 101 Å². The fourth-order valence-electron chi connectivity index (χ4n) is 2.47. The van der Waals surface area contributed by atoms with Crippen LogP contribution in [0.3, 0.4) is 0 Å². The number of carbonyl (C=O) groups is 3. The van der Waals surface area contributed by atoms with Gasteiger partial charge in [0, 0.05) is 12.4 Å². The molecule has 0 saturated carbocycles. The number of hydrogen-bond donors (Lipinski definition) is 2. The second-order valence-electron chi connectivity index (χ2n) is 5.36. The van der Waals surface area contributed by atoms with Crippen molar-refractivity contribution in [2.24, 2.45) is 0 Å². The Morgan fingerprint density at radius 3 is 2.64 bits per heavy atom. The number of carbonyl (C=O) groups excluding carboxylic acids is 3. The summed E-state index contributed by atoms with van der Waals surface area (Å²) in [4.78, 5) is 41.6. The van der Waals surface area contributed by atoms with Crippen LogP contribution in [0.15, 0.2) is 48.8 Å². The van der Waals surface area contributed by atoms with Crippen LogP contribution in [0.5, 0.6) is 5.75 Å². The first kappa shape index (κ1) is 16.6. The van der Waals surface area contributed by atoms with Crippen LogP contribution in [0.25, 0.3) is 0 Å². The molecule has 0 aliphatic carbocycles. The van der Waals surface area contributed by atoms with Crippen molar-refractivity contribution in [2.75, 3.05) is 12.0 Å². The molecule has 2 N–H and O–H groups in total. The molecule has 1 aliphatic heterocycles. The van der Waals surface area contributed by atoms with Gasteiger partial charge in [0.25, 0.3) is 11.8 Å². The minimum Gasteiger partial charge on any atom is -0.497 e. The molecule has 1 saturated heterocycles. The average molecular weight is 340 g/mol. The summed E-state index contributed by atoms with van der Waals surface area (Å²) < 4.78 is 5.06. The Morgan fingerprint density at radius 2 is 2.00 bits per heavy atom. The molecule has 0 radical (unpaired) electrons. The Kier molecular flexibility index (Phi) is 4.71. The number of anilines is 1. The van der Waals surface area contributed by atoms with Crippen molar-refractivity contribution in [3.05, 3.63) is 54.4 Å². The van der Waals surface area contributed by atoms with E-state index >= 15 is 0 Å². The maximum atomic E-state index is 12.5. The first-order valence-corrected chi connectivity index (χ1v) is 7.57. The van der Waals surface area contributed by atoms with Crippen LogP contribution in [-0.2, 0) is 9.59 Å². The molecule has 2 heterocycles. The molecular formula is C17H16N4O4. The number of ether oxygens (including phenoxy) is 1. The van der Waals surface area contributed by atoms with E-state index < -0.39 is 17.9 Å². The number of hydrogen-bond acceptors (Lipinski definition) is 6. The first-order chi connectivity index (χ1) is 12.1. The summed E-state index contributed by atoms with van der Waals surface area (Å²) in [6.07, 6.45) is 2.91. The predicted octanol–water partition coefficient (Wildman–Crippen LogP) is 0.657. The van der Waals surface area contributed by atoms with Crippen LogP contribution in [0, 0.1) is 0 Å². The normalized spacial score (nSPS) is 16.8. The van der Waals surface area contributed by atoms with Gasteiger partial charge >= 0.3 is 0 Å². The molecule has 3 amide bonds. The number of nitrogens with zero attached hydrogens (tertiary/aromatic N) is 2. The van der Waals surface area contributed by atoms with Crippen molar-refractivity contribution >= 4 is 23.4 Å². The molecule has 3 rings (SSSR count). The molecule has 25 heavy (non-hydrogen) atoms. The first-order valence-electron chi connectivity index (χ1n) is 7.57. The maximum Gasteiger partial charge on any atom is 0.266 e. The molecule has 1 aromatic carbocycles. The van der Waals surface area contributed by atoms with Crippen molar-refractivity contribution in [1.82, 2.24) is 15.8 Å². The van der Waals surface area contributed by atoms with Crippen LogP contribution >= 0.6 is 0 Å². The second kappa shape index (κ2) is 7.10. The van der Waals surface area contributed by atoms with E-state index in [1.54, 1.807) is 42.6 Å². The fourth-order valence-corrected chi connectivity index (χ4v) is 2.47. The van der Waals surface area contributed by atoms with Gasteiger partial charge in [0.05, 0.1) is 24.8 Å². The SMILES string of the molecule is COc1ccc(N2C(=O)C[C@H](NNC(=O)c3cccnc3)C2=O)cc1. The molecule has 2 aromatic rings. The van der Waals surface area contributed by atoms with Crippen molar-refractivity contribution < 1.29 is 19.1 Å². The van der Waals surface area contributed by atoms with Crippen LogP contribution in [-0.4, -0.2) is 35.9 Å².